The summed E-state index contributed by atoms with van der Waals surface area (Å²) >= 11 is 1.37. The zero-order valence-electron chi connectivity index (χ0n) is 7.13. The Morgan fingerprint density at radius 3 is 3.00 bits per heavy atom. The van der Waals surface area contributed by atoms with Crippen molar-refractivity contribution in [1.82, 2.24) is 9.36 Å². The molecule has 0 amide bonds. The molecule has 0 bridgehead atoms. The number of nitrogens with zero attached hydrogens (tertiary/aromatic N) is 2. The average molecular weight is 182 g/mol. The van der Waals surface area contributed by atoms with Gasteiger partial charge in [-0.15, -0.1) is 10.3 Å². The lowest BCUT2D eigenvalue weighted by Crippen LogP contribution is -1.95. The van der Waals surface area contributed by atoms with Gasteiger partial charge in [0.15, 0.2) is 6.61 Å². The predicted octanol–water partition coefficient (Wildman–Crippen LogP) is 1.50. The first-order chi connectivity index (χ1) is 5.86. The summed E-state index contributed by atoms with van der Waals surface area (Å²) in [4.78, 5) is 4.12. The van der Waals surface area contributed by atoms with Crippen molar-refractivity contribution >= 4 is 11.5 Å². The highest BCUT2D eigenvalue weighted by Crippen LogP contribution is 2.10. The van der Waals surface area contributed by atoms with Gasteiger partial charge in [-0.05, 0) is 24.9 Å². The van der Waals surface area contributed by atoms with E-state index in [0.717, 1.165) is 11.4 Å². The van der Waals surface area contributed by atoms with Gasteiger partial charge in [0, 0.05) is 0 Å². The molecule has 0 atom stereocenters. The Hall–Kier alpha value is -1.08. The maximum atomic E-state index is 5.14. The van der Waals surface area contributed by atoms with E-state index in [-0.39, 0.29) is 0 Å². The molecule has 0 spiro atoms. The highest BCUT2D eigenvalue weighted by Gasteiger charge is 2.00. The molecule has 4 heteroatoms. The van der Waals surface area contributed by atoms with E-state index in [1.165, 1.54) is 11.5 Å². The van der Waals surface area contributed by atoms with Crippen LogP contribution in [0, 0.1) is 11.8 Å². The van der Waals surface area contributed by atoms with Gasteiger partial charge in [-0.3, -0.25) is 0 Å². The van der Waals surface area contributed by atoms with Gasteiger partial charge in [0.05, 0.1) is 0 Å². The molecule has 0 fully saturated rings. The van der Waals surface area contributed by atoms with E-state index in [1.807, 2.05) is 6.92 Å². The van der Waals surface area contributed by atoms with Gasteiger partial charge >= 0.3 is 6.01 Å². The van der Waals surface area contributed by atoms with Crippen molar-refractivity contribution in [2.75, 3.05) is 6.61 Å². The molecule has 1 rings (SSSR count). The summed E-state index contributed by atoms with van der Waals surface area (Å²) in [7, 11) is 0. The summed E-state index contributed by atoms with van der Waals surface area (Å²) in [6.45, 7) is 4.18. The molecular formula is C8H10N2OS. The summed E-state index contributed by atoms with van der Waals surface area (Å²) in [6, 6.07) is 0.444. The second-order valence-electron chi connectivity index (χ2n) is 2.04. The third-order valence-electron chi connectivity index (χ3n) is 1.20. The van der Waals surface area contributed by atoms with Crippen molar-refractivity contribution in [3.05, 3.63) is 5.01 Å². The third-order valence-corrected chi connectivity index (χ3v) is 2.04. The summed E-state index contributed by atoms with van der Waals surface area (Å²) in [5.41, 5.74) is 0. The van der Waals surface area contributed by atoms with E-state index in [4.69, 9.17) is 4.74 Å². The third kappa shape index (κ3) is 2.51. The summed E-state index contributed by atoms with van der Waals surface area (Å²) in [5.74, 6) is 5.51. The summed E-state index contributed by atoms with van der Waals surface area (Å²) in [6.07, 6.45) is 0.903. The van der Waals surface area contributed by atoms with E-state index >= 15 is 0 Å². The van der Waals surface area contributed by atoms with Crippen LogP contribution >= 0.6 is 11.5 Å². The Morgan fingerprint density at radius 1 is 1.58 bits per heavy atom. The van der Waals surface area contributed by atoms with Crippen LogP contribution in [0.5, 0.6) is 6.01 Å². The molecule has 1 aromatic rings. The van der Waals surface area contributed by atoms with Gasteiger partial charge < -0.3 is 4.74 Å². The first-order valence-corrected chi connectivity index (χ1v) is 4.49. The molecule has 64 valence electrons. The van der Waals surface area contributed by atoms with Crippen molar-refractivity contribution in [1.29, 1.82) is 0 Å². The molecule has 0 radical (unpaired) electrons. The quantitative estimate of drug-likeness (QED) is 0.664. The maximum absolute atomic E-state index is 5.14. The minimum absolute atomic E-state index is 0.371. The van der Waals surface area contributed by atoms with Crippen molar-refractivity contribution in [2.24, 2.45) is 0 Å². The molecular weight excluding hydrogens is 172 g/mol. The average Bonchev–Trinajstić information content (AvgIpc) is 2.53. The van der Waals surface area contributed by atoms with Crippen molar-refractivity contribution in [2.45, 2.75) is 20.3 Å². The summed E-state index contributed by atoms with van der Waals surface area (Å²) in [5, 5.41) is 0.995. The van der Waals surface area contributed by atoms with Crippen LogP contribution < -0.4 is 4.74 Å². The van der Waals surface area contributed by atoms with E-state index in [2.05, 4.69) is 21.2 Å². The molecule has 0 N–H and O–H groups in total. The standard InChI is InChI=1S/C8H10N2OS/c1-3-5-6-11-8-9-7(4-2)12-10-8/h4,6H2,1-2H3. The fourth-order valence-corrected chi connectivity index (χ4v) is 1.14. The van der Waals surface area contributed by atoms with Crippen LogP contribution in [-0.4, -0.2) is 16.0 Å². The summed E-state index contributed by atoms with van der Waals surface area (Å²) < 4.78 is 9.14. The number of aryl methyl sites for hydroxylation is 1. The minimum atomic E-state index is 0.371. The molecule has 1 aromatic heterocycles. The second kappa shape index (κ2) is 4.73. The van der Waals surface area contributed by atoms with Gasteiger partial charge in [0.25, 0.3) is 0 Å². The number of rotatable bonds is 3. The first kappa shape index (κ1) is 9.01. The van der Waals surface area contributed by atoms with E-state index in [1.54, 1.807) is 6.92 Å². The lowest BCUT2D eigenvalue weighted by Gasteiger charge is -1.91. The molecule has 0 unspecified atom stereocenters. The number of hydrogen-bond donors (Lipinski definition) is 0. The van der Waals surface area contributed by atoms with Gasteiger partial charge in [0.2, 0.25) is 0 Å². The topological polar surface area (TPSA) is 35.0 Å². The Balaban J connectivity index is 2.45. The Kier molecular flexibility index (Phi) is 3.55. The number of aromatic nitrogens is 2. The highest BCUT2D eigenvalue weighted by molar-refractivity contribution is 7.05. The lowest BCUT2D eigenvalue weighted by molar-refractivity contribution is 0.344. The Morgan fingerprint density at radius 2 is 2.42 bits per heavy atom. The van der Waals surface area contributed by atoms with Gasteiger partial charge in [-0.2, -0.15) is 4.98 Å². The second-order valence-corrected chi connectivity index (χ2v) is 2.88. The van der Waals surface area contributed by atoms with Gasteiger partial charge in [0.1, 0.15) is 5.01 Å². The molecule has 12 heavy (non-hydrogen) atoms. The SMILES string of the molecule is CC#CCOc1nsc(CC)n1. The van der Waals surface area contributed by atoms with Gasteiger partial charge in [-0.1, -0.05) is 12.8 Å². The fourth-order valence-electron chi connectivity index (χ4n) is 0.614. The molecule has 0 aromatic carbocycles. The molecule has 0 saturated heterocycles. The van der Waals surface area contributed by atoms with E-state index < -0.39 is 0 Å². The van der Waals surface area contributed by atoms with Crippen LogP contribution in [0.4, 0.5) is 0 Å². The van der Waals surface area contributed by atoms with Crippen LogP contribution in [-0.2, 0) is 6.42 Å². The van der Waals surface area contributed by atoms with Crippen LogP contribution in [0.1, 0.15) is 18.9 Å². The van der Waals surface area contributed by atoms with Crippen LogP contribution in [0.25, 0.3) is 0 Å². The van der Waals surface area contributed by atoms with Crippen molar-refractivity contribution in [3.8, 4) is 17.9 Å². The number of hydrogen-bond acceptors (Lipinski definition) is 4. The zero-order chi connectivity index (χ0) is 8.81. The lowest BCUT2D eigenvalue weighted by atomic mass is 10.5. The normalized spacial score (nSPS) is 8.83. The molecule has 0 aliphatic rings. The fraction of sp³-hybridized carbons (Fsp3) is 0.500. The van der Waals surface area contributed by atoms with Gasteiger partial charge in [-0.25, -0.2) is 0 Å². The predicted molar refractivity (Wildman–Crippen MR) is 48.2 cm³/mol. The zero-order valence-corrected chi connectivity index (χ0v) is 7.94. The van der Waals surface area contributed by atoms with Crippen molar-refractivity contribution in [3.63, 3.8) is 0 Å². The molecule has 0 saturated carbocycles. The molecule has 1 heterocycles. The Labute approximate surface area is 76.0 Å². The van der Waals surface area contributed by atoms with Crippen LogP contribution in [0.2, 0.25) is 0 Å². The monoisotopic (exact) mass is 182 g/mol. The first-order valence-electron chi connectivity index (χ1n) is 3.71. The van der Waals surface area contributed by atoms with E-state index in [9.17, 15) is 0 Å². The molecule has 0 aliphatic carbocycles. The molecule has 3 nitrogen and oxygen atoms in total. The minimum Gasteiger partial charge on any atom is -0.450 e. The van der Waals surface area contributed by atoms with Crippen molar-refractivity contribution < 1.29 is 4.74 Å². The largest absolute Gasteiger partial charge is 0.450 e. The van der Waals surface area contributed by atoms with Crippen LogP contribution in [0.3, 0.4) is 0 Å². The smallest absolute Gasteiger partial charge is 0.329 e. The molecule has 0 aliphatic heterocycles. The van der Waals surface area contributed by atoms with Crippen LogP contribution in [0.15, 0.2) is 0 Å². The number of ether oxygens (including phenoxy) is 1. The van der Waals surface area contributed by atoms with E-state index in [0.29, 0.717) is 12.6 Å². The highest BCUT2D eigenvalue weighted by atomic mass is 32.1. The maximum Gasteiger partial charge on any atom is 0.329 e. The Bertz CT molecular complexity index is 297.